The molecule has 0 unspecified atom stereocenters. The lowest BCUT2D eigenvalue weighted by atomic mass is 10.4. The van der Waals surface area contributed by atoms with Crippen LogP contribution in [0, 0.1) is 6.92 Å². The van der Waals surface area contributed by atoms with Crippen LogP contribution < -0.4 is 5.32 Å². The van der Waals surface area contributed by atoms with E-state index in [1.807, 2.05) is 18.7 Å². The van der Waals surface area contributed by atoms with Gasteiger partial charge < -0.3 is 10.3 Å². The molecule has 1 rings (SSSR count). The molecule has 2 N–H and O–H groups in total. The van der Waals surface area contributed by atoms with E-state index < -0.39 is 0 Å². The van der Waals surface area contributed by atoms with E-state index in [1.165, 1.54) is 5.69 Å². The second-order valence-corrected chi connectivity index (χ2v) is 4.73. The Labute approximate surface area is 90.1 Å². The Balaban J connectivity index is 2.08. The third-order valence-electron chi connectivity index (χ3n) is 1.98. The summed E-state index contributed by atoms with van der Waals surface area (Å²) in [6.45, 7) is 7.46. The molecule has 0 saturated carbocycles. The van der Waals surface area contributed by atoms with Crippen molar-refractivity contribution in [2.45, 2.75) is 32.6 Å². The number of nitrogens with zero attached hydrogens (tertiary/aromatic N) is 1. The van der Waals surface area contributed by atoms with E-state index in [1.54, 1.807) is 6.33 Å². The minimum atomic E-state index is 0.587. The van der Waals surface area contributed by atoms with E-state index in [0.717, 1.165) is 23.7 Å². The summed E-state index contributed by atoms with van der Waals surface area (Å²) in [5.41, 5.74) is 2.37. The summed E-state index contributed by atoms with van der Waals surface area (Å²) in [4.78, 5) is 7.31. The maximum absolute atomic E-state index is 4.16. The SMILES string of the molecule is Cc1nc[nH]c1CSCCNC(C)C. The summed E-state index contributed by atoms with van der Waals surface area (Å²) in [6.07, 6.45) is 1.76. The lowest BCUT2D eigenvalue weighted by Gasteiger charge is -2.06. The third-order valence-corrected chi connectivity index (χ3v) is 2.96. The molecular weight excluding hydrogens is 194 g/mol. The highest BCUT2D eigenvalue weighted by atomic mass is 32.2. The van der Waals surface area contributed by atoms with Crippen LogP contribution in [0.5, 0.6) is 0 Å². The second-order valence-electron chi connectivity index (χ2n) is 3.63. The molecule has 3 nitrogen and oxygen atoms in total. The van der Waals surface area contributed by atoms with Gasteiger partial charge in [0.1, 0.15) is 0 Å². The van der Waals surface area contributed by atoms with E-state index in [4.69, 9.17) is 0 Å². The Morgan fingerprint density at radius 3 is 2.93 bits per heavy atom. The lowest BCUT2D eigenvalue weighted by molar-refractivity contribution is 0.616. The topological polar surface area (TPSA) is 40.7 Å². The molecule has 0 aliphatic heterocycles. The first-order valence-corrected chi connectivity index (χ1v) is 6.15. The quantitative estimate of drug-likeness (QED) is 0.710. The number of aromatic nitrogens is 2. The van der Waals surface area contributed by atoms with E-state index in [2.05, 4.69) is 29.1 Å². The normalized spacial score (nSPS) is 11.1. The van der Waals surface area contributed by atoms with E-state index >= 15 is 0 Å². The number of imidazole rings is 1. The van der Waals surface area contributed by atoms with Crippen molar-refractivity contribution in [2.75, 3.05) is 12.3 Å². The zero-order chi connectivity index (χ0) is 10.4. The molecule has 80 valence electrons. The molecule has 14 heavy (non-hydrogen) atoms. The molecular formula is C10H19N3S. The van der Waals surface area contributed by atoms with Gasteiger partial charge in [0.2, 0.25) is 0 Å². The van der Waals surface area contributed by atoms with Gasteiger partial charge in [-0.2, -0.15) is 11.8 Å². The predicted molar refractivity (Wildman–Crippen MR) is 62.6 cm³/mol. The Hall–Kier alpha value is -0.480. The highest BCUT2D eigenvalue weighted by Gasteiger charge is 1.99. The zero-order valence-corrected chi connectivity index (χ0v) is 9.95. The molecule has 0 radical (unpaired) electrons. The Morgan fingerprint density at radius 2 is 2.36 bits per heavy atom. The maximum Gasteiger partial charge on any atom is 0.0925 e. The fraction of sp³-hybridized carbons (Fsp3) is 0.700. The number of hydrogen-bond acceptors (Lipinski definition) is 3. The highest BCUT2D eigenvalue weighted by molar-refractivity contribution is 7.98. The molecule has 0 fully saturated rings. The molecule has 1 heterocycles. The van der Waals surface area contributed by atoms with Crippen molar-refractivity contribution in [3.8, 4) is 0 Å². The largest absolute Gasteiger partial charge is 0.348 e. The number of nitrogens with one attached hydrogen (secondary N) is 2. The molecule has 0 saturated heterocycles. The van der Waals surface area contributed by atoms with Crippen LogP contribution in [0.2, 0.25) is 0 Å². The van der Waals surface area contributed by atoms with Crippen LogP contribution in [0.15, 0.2) is 6.33 Å². The van der Waals surface area contributed by atoms with Crippen LogP contribution in [0.1, 0.15) is 25.2 Å². The van der Waals surface area contributed by atoms with Crippen molar-refractivity contribution >= 4 is 11.8 Å². The monoisotopic (exact) mass is 213 g/mol. The fourth-order valence-corrected chi connectivity index (χ4v) is 2.03. The summed E-state index contributed by atoms with van der Waals surface area (Å²) in [7, 11) is 0. The molecule has 0 aromatic carbocycles. The summed E-state index contributed by atoms with van der Waals surface area (Å²) < 4.78 is 0. The van der Waals surface area contributed by atoms with Crippen LogP contribution in [0.3, 0.4) is 0 Å². The van der Waals surface area contributed by atoms with Gasteiger partial charge in [0, 0.05) is 29.8 Å². The van der Waals surface area contributed by atoms with Crippen LogP contribution in [0.25, 0.3) is 0 Å². The van der Waals surface area contributed by atoms with E-state index in [0.29, 0.717) is 6.04 Å². The number of rotatable bonds is 6. The molecule has 0 aliphatic carbocycles. The van der Waals surface area contributed by atoms with Crippen molar-refractivity contribution in [3.05, 3.63) is 17.7 Å². The summed E-state index contributed by atoms with van der Waals surface area (Å²) in [5.74, 6) is 2.18. The number of H-pyrrole nitrogens is 1. The standard InChI is InChI=1S/C10H19N3S/c1-8(2)11-4-5-14-6-10-9(3)12-7-13-10/h7-8,11H,4-6H2,1-3H3,(H,12,13). The first-order chi connectivity index (χ1) is 6.70. The Kier molecular flexibility index (Phi) is 5.04. The third kappa shape index (κ3) is 4.15. The summed E-state index contributed by atoms with van der Waals surface area (Å²) in [6, 6.07) is 0.587. The maximum atomic E-state index is 4.16. The van der Waals surface area contributed by atoms with Gasteiger partial charge in [0.25, 0.3) is 0 Å². The van der Waals surface area contributed by atoms with Crippen LogP contribution in [0.4, 0.5) is 0 Å². The summed E-state index contributed by atoms with van der Waals surface area (Å²) in [5, 5.41) is 3.39. The van der Waals surface area contributed by atoms with Crippen LogP contribution >= 0.6 is 11.8 Å². The number of thioether (sulfide) groups is 1. The summed E-state index contributed by atoms with van der Waals surface area (Å²) >= 11 is 1.93. The first kappa shape index (κ1) is 11.6. The molecule has 1 aromatic heterocycles. The van der Waals surface area contributed by atoms with Crippen molar-refractivity contribution in [1.29, 1.82) is 0 Å². The van der Waals surface area contributed by atoms with Gasteiger partial charge in [-0.05, 0) is 6.92 Å². The van der Waals surface area contributed by atoms with Gasteiger partial charge >= 0.3 is 0 Å². The van der Waals surface area contributed by atoms with Crippen LogP contribution in [-0.2, 0) is 5.75 Å². The Morgan fingerprint density at radius 1 is 1.57 bits per heavy atom. The number of aromatic amines is 1. The average molecular weight is 213 g/mol. The molecule has 0 bridgehead atoms. The van der Waals surface area contributed by atoms with Crippen LogP contribution in [-0.4, -0.2) is 28.3 Å². The molecule has 0 spiro atoms. The van der Waals surface area contributed by atoms with Gasteiger partial charge in [0.15, 0.2) is 0 Å². The number of aryl methyl sites for hydroxylation is 1. The molecule has 0 amide bonds. The van der Waals surface area contributed by atoms with Gasteiger partial charge in [-0.1, -0.05) is 13.8 Å². The minimum absolute atomic E-state index is 0.587. The molecule has 0 atom stereocenters. The second kappa shape index (κ2) is 6.09. The average Bonchev–Trinajstić information content (AvgIpc) is 2.51. The van der Waals surface area contributed by atoms with Crippen molar-refractivity contribution < 1.29 is 0 Å². The first-order valence-electron chi connectivity index (χ1n) is 5.00. The predicted octanol–water partition coefficient (Wildman–Crippen LogP) is 1.95. The van der Waals surface area contributed by atoms with Gasteiger partial charge in [0.05, 0.1) is 12.0 Å². The molecule has 4 heteroatoms. The molecule has 0 aliphatic rings. The van der Waals surface area contributed by atoms with Gasteiger partial charge in [-0.15, -0.1) is 0 Å². The van der Waals surface area contributed by atoms with Crippen molar-refractivity contribution in [1.82, 2.24) is 15.3 Å². The van der Waals surface area contributed by atoms with Crippen molar-refractivity contribution in [2.24, 2.45) is 0 Å². The van der Waals surface area contributed by atoms with E-state index in [9.17, 15) is 0 Å². The lowest BCUT2D eigenvalue weighted by Crippen LogP contribution is -2.24. The Bertz CT molecular complexity index is 258. The van der Waals surface area contributed by atoms with E-state index in [-0.39, 0.29) is 0 Å². The van der Waals surface area contributed by atoms with Gasteiger partial charge in [-0.3, -0.25) is 0 Å². The smallest absolute Gasteiger partial charge is 0.0925 e. The van der Waals surface area contributed by atoms with Gasteiger partial charge in [-0.25, -0.2) is 4.98 Å². The van der Waals surface area contributed by atoms with Crippen molar-refractivity contribution in [3.63, 3.8) is 0 Å². The molecule has 1 aromatic rings. The highest BCUT2D eigenvalue weighted by Crippen LogP contribution is 2.11. The zero-order valence-electron chi connectivity index (χ0n) is 9.13. The minimum Gasteiger partial charge on any atom is -0.348 e. The fourth-order valence-electron chi connectivity index (χ4n) is 1.13. The number of hydrogen-bond donors (Lipinski definition) is 2.